The molecule has 0 heterocycles. The molecule has 0 spiro atoms. The minimum atomic E-state index is -0.296. The summed E-state index contributed by atoms with van der Waals surface area (Å²) < 4.78 is 19.3. The van der Waals surface area contributed by atoms with E-state index in [2.05, 4.69) is 42.0 Å². The van der Waals surface area contributed by atoms with Crippen LogP contribution in [0.1, 0.15) is 38.8 Å². The van der Waals surface area contributed by atoms with E-state index in [1.807, 2.05) is 6.07 Å². The quantitative estimate of drug-likeness (QED) is 0.845. The maximum absolute atomic E-state index is 13.5. The molecule has 102 valence electrons. The largest absolute Gasteiger partial charge is 0.496 e. The molecule has 1 aromatic rings. The van der Waals surface area contributed by atoms with Crippen LogP contribution in [0.15, 0.2) is 16.6 Å². The standard InChI is InChI=1S/C14H21BrFNO/c1-5-9(3)14(17-6-2)10-7-11(15)12(16)8-13(10)18-4/h7-9,14,17H,5-6H2,1-4H3. The topological polar surface area (TPSA) is 21.3 Å². The van der Waals surface area contributed by atoms with Crippen LogP contribution < -0.4 is 10.1 Å². The Hall–Kier alpha value is -0.610. The molecule has 1 aromatic carbocycles. The number of hydrogen-bond donors (Lipinski definition) is 1. The van der Waals surface area contributed by atoms with E-state index in [0.717, 1.165) is 18.5 Å². The molecular weight excluding hydrogens is 297 g/mol. The molecule has 0 bridgehead atoms. The summed E-state index contributed by atoms with van der Waals surface area (Å²) in [6.45, 7) is 7.28. The number of ether oxygens (including phenoxy) is 1. The van der Waals surface area contributed by atoms with Gasteiger partial charge in [0.2, 0.25) is 0 Å². The van der Waals surface area contributed by atoms with E-state index in [-0.39, 0.29) is 11.9 Å². The van der Waals surface area contributed by atoms with E-state index in [9.17, 15) is 4.39 Å². The average Bonchev–Trinajstić information content (AvgIpc) is 2.38. The smallest absolute Gasteiger partial charge is 0.141 e. The molecule has 2 nitrogen and oxygen atoms in total. The van der Waals surface area contributed by atoms with Crippen molar-refractivity contribution in [2.75, 3.05) is 13.7 Å². The molecule has 0 amide bonds. The first kappa shape index (κ1) is 15.4. The number of methoxy groups -OCH3 is 1. The molecule has 0 radical (unpaired) electrons. The molecule has 0 aliphatic rings. The van der Waals surface area contributed by atoms with Crippen LogP contribution in [0.25, 0.3) is 0 Å². The average molecular weight is 318 g/mol. The van der Waals surface area contributed by atoms with Crippen LogP contribution in [-0.2, 0) is 0 Å². The summed E-state index contributed by atoms with van der Waals surface area (Å²) in [7, 11) is 1.58. The molecule has 0 saturated carbocycles. The Kier molecular flexibility index (Phi) is 6.09. The van der Waals surface area contributed by atoms with Crippen LogP contribution in [-0.4, -0.2) is 13.7 Å². The van der Waals surface area contributed by atoms with Gasteiger partial charge in [-0.05, 0) is 34.5 Å². The summed E-state index contributed by atoms with van der Waals surface area (Å²) in [6.07, 6.45) is 1.05. The summed E-state index contributed by atoms with van der Waals surface area (Å²) in [5, 5.41) is 3.45. The third-order valence-corrected chi connectivity index (χ3v) is 3.85. The van der Waals surface area contributed by atoms with Crippen molar-refractivity contribution in [2.24, 2.45) is 5.92 Å². The molecule has 2 unspecified atom stereocenters. The second kappa shape index (κ2) is 7.10. The van der Waals surface area contributed by atoms with Gasteiger partial charge in [0.25, 0.3) is 0 Å². The predicted molar refractivity (Wildman–Crippen MR) is 76.5 cm³/mol. The normalized spacial score (nSPS) is 14.3. The summed E-state index contributed by atoms with van der Waals surface area (Å²) in [5.41, 5.74) is 1.00. The Balaban J connectivity index is 3.21. The Morgan fingerprint density at radius 3 is 2.56 bits per heavy atom. The molecule has 0 aliphatic heterocycles. The fraction of sp³-hybridized carbons (Fsp3) is 0.571. The third kappa shape index (κ3) is 3.45. The van der Waals surface area contributed by atoms with Crippen LogP contribution in [0, 0.1) is 11.7 Å². The molecule has 0 aliphatic carbocycles. The van der Waals surface area contributed by atoms with Gasteiger partial charge >= 0.3 is 0 Å². The van der Waals surface area contributed by atoms with Crippen molar-refractivity contribution in [2.45, 2.75) is 33.2 Å². The van der Waals surface area contributed by atoms with Gasteiger partial charge in [-0.25, -0.2) is 4.39 Å². The van der Waals surface area contributed by atoms with Gasteiger partial charge in [-0.1, -0.05) is 27.2 Å². The fourth-order valence-corrected chi connectivity index (χ4v) is 2.40. The Bertz CT molecular complexity index is 398. The highest BCUT2D eigenvalue weighted by Gasteiger charge is 2.22. The number of halogens is 2. The lowest BCUT2D eigenvalue weighted by molar-refractivity contribution is 0.353. The van der Waals surface area contributed by atoms with Gasteiger partial charge in [-0.3, -0.25) is 0 Å². The van der Waals surface area contributed by atoms with Crippen molar-refractivity contribution in [1.82, 2.24) is 5.32 Å². The van der Waals surface area contributed by atoms with E-state index in [4.69, 9.17) is 4.74 Å². The van der Waals surface area contributed by atoms with E-state index >= 15 is 0 Å². The van der Waals surface area contributed by atoms with Crippen molar-refractivity contribution in [3.05, 3.63) is 28.0 Å². The molecule has 0 aromatic heterocycles. The zero-order valence-corrected chi connectivity index (χ0v) is 13.0. The van der Waals surface area contributed by atoms with Gasteiger partial charge in [-0.2, -0.15) is 0 Å². The molecule has 4 heteroatoms. The molecule has 0 fully saturated rings. The maximum Gasteiger partial charge on any atom is 0.141 e. The Labute approximate surface area is 117 Å². The van der Waals surface area contributed by atoms with Gasteiger partial charge in [0, 0.05) is 17.7 Å². The highest BCUT2D eigenvalue weighted by molar-refractivity contribution is 9.10. The van der Waals surface area contributed by atoms with E-state index in [1.165, 1.54) is 6.07 Å². The summed E-state index contributed by atoms with van der Waals surface area (Å²) in [6, 6.07) is 3.42. The van der Waals surface area contributed by atoms with Crippen LogP contribution in [0.2, 0.25) is 0 Å². The fourth-order valence-electron chi connectivity index (χ4n) is 2.04. The Morgan fingerprint density at radius 2 is 2.06 bits per heavy atom. The van der Waals surface area contributed by atoms with Gasteiger partial charge < -0.3 is 10.1 Å². The third-order valence-electron chi connectivity index (χ3n) is 3.24. The molecular formula is C14H21BrFNO. The predicted octanol–water partition coefficient (Wildman–Crippen LogP) is 4.29. The second-order valence-electron chi connectivity index (χ2n) is 4.43. The lowest BCUT2D eigenvalue weighted by Crippen LogP contribution is -2.27. The first-order valence-corrected chi connectivity index (χ1v) is 7.10. The summed E-state index contributed by atoms with van der Waals surface area (Å²) >= 11 is 3.24. The first-order valence-electron chi connectivity index (χ1n) is 6.31. The monoisotopic (exact) mass is 317 g/mol. The van der Waals surface area contributed by atoms with Crippen LogP contribution >= 0.6 is 15.9 Å². The zero-order chi connectivity index (χ0) is 13.7. The number of nitrogens with one attached hydrogen (secondary N) is 1. The van der Waals surface area contributed by atoms with Crippen molar-refractivity contribution in [1.29, 1.82) is 0 Å². The van der Waals surface area contributed by atoms with Gasteiger partial charge in [0.15, 0.2) is 0 Å². The molecule has 2 atom stereocenters. The lowest BCUT2D eigenvalue weighted by atomic mass is 9.91. The minimum Gasteiger partial charge on any atom is -0.496 e. The van der Waals surface area contributed by atoms with Crippen LogP contribution in [0.4, 0.5) is 4.39 Å². The van der Waals surface area contributed by atoms with Crippen molar-refractivity contribution >= 4 is 15.9 Å². The van der Waals surface area contributed by atoms with Crippen molar-refractivity contribution in [3.8, 4) is 5.75 Å². The number of rotatable bonds is 6. The minimum absolute atomic E-state index is 0.173. The van der Waals surface area contributed by atoms with Gasteiger partial charge in [0.1, 0.15) is 11.6 Å². The highest BCUT2D eigenvalue weighted by atomic mass is 79.9. The van der Waals surface area contributed by atoms with E-state index in [0.29, 0.717) is 16.1 Å². The highest BCUT2D eigenvalue weighted by Crippen LogP contribution is 2.35. The molecule has 0 saturated heterocycles. The van der Waals surface area contributed by atoms with Gasteiger partial charge in [-0.15, -0.1) is 0 Å². The summed E-state index contributed by atoms with van der Waals surface area (Å²) in [5.74, 6) is 0.758. The second-order valence-corrected chi connectivity index (χ2v) is 5.28. The number of benzene rings is 1. The van der Waals surface area contributed by atoms with E-state index in [1.54, 1.807) is 7.11 Å². The lowest BCUT2D eigenvalue weighted by Gasteiger charge is -2.26. The van der Waals surface area contributed by atoms with Crippen molar-refractivity contribution < 1.29 is 9.13 Å². The molecule has 1 N–H and O–H groups in total. The number of hydrogen-bond acceptors (Lipinski definition) is 2. The SMILES string of the molecule is CCNC(c1cc(Br)c(F)cc1OC)C(C)CC. The van der Waals surface area contributed by atoms with Gasteiger partial charge in [0.05, 0.1) is 11.6 Å². The zero-order valence-electron chi connectivity index (χ0n) is 11.4. The van der Waals surface area contributed by atoms with Crippen molar-refractivity contribution in [3.63, 3.8) is 0 Å². The summed E-state index contributed by atoms with van der Waals surface area (Å²) in [4.78, 5) is 0. The molecule has 1 rings (SSSR count). The van der Waals surface area contributed by atoms with Crippen LogP contribution in [0.5, 0.6) is 5.75 Å². The Morgan fingerprint density at radius 1 is 1.39 bits per heavy atom. The first-order chi connectivity index (χ1) is 8.54. The van der Waals surface area contributed by atoms with E-state index < -0.39 is 0 Å². The maximum atomic E-state index is 13.5. The molecule has 18 heavy (non-hydrogen) atoms. The van der Waals surface area contributed by atoms with Crippen LogP contribution in [0.3, 0.4) is 0 Å².